The first kappa shape index (κ1) is 23.5. The van der Waals surface area contributed by atoms with E-state index >= 15 is 0 Å². The molecule has 4 rings (SSSR count). The Kier molecular flexibility index (Phi) is 7.16. The van der Waals surface area contributed by atoms with Crippen molar-refractivity contribution in [2.24, 2.45) is 0 Å². The summed E-state index contributed by atoms with van der Waals surface area (Å²) in [5.74, 6) is 0.250. The number of nitrogens with zero attached hydrogens (tertiary/aromatic N) is 3. The Morgan fingerprint density at radius 2 is 1.91 bits per heavy atom. The van der Waals surface area contributed by atoms with Crippen LogP contribution in [0.4, 0.5) is 18.9 Å². The van der Waals surface area contributed by atoms with Gasteiger partial charge in [0, 0.05) is 24.2 Å². The SMILES string of the molecule is C[C@H](Sc1nc(CN2CCOCC2)nc2ccccc12)C(=O)Nc1cccc(C(F)(F)F)c1. The number of anilines is 1. The van der Waals surface area contributed by atoms with E-state index < -0.39 is 22.9 Å². The van der Waals surface area contributed by atoms with Crippen LogP contribution >= 0.6 is 11.8 Å². The predicted molar refractivity (Wildman–Crippen MR) is 121 cm³/mol. The monoisotopic (exact) mass is 476 g/mol. The first-order valence-electron chi connectivity index (χ1n) is 10.5. The van der Waals surface area contributed by atoms with Gasteiger partial charge in [0.15, 0.2) is 0 Å². The van der Waals surface area contributed by atoms with Gasteiger partial charge in [0.05, 0.1) is 36.1 Å². The minimum Gasteiger partial charge on any atom is -0.379 e. The van der Waals surface area contributed by atoms with Gasteiger partial charge in [-0.2, -0.15) is 13.2 Å². The number of ether oxygens (including phenoxy) is 1. The van der Waals surface area contributed by atoms with Gasteiger partial charge in [-0.25, -0.2) is 9.97 Å². The highest BCUT2D eigenvalue weighted by molar-refractivity contribution is 8.00. The number of carbonyl (C=O) groups excluding carboxylic acids is 1. The number of hydrogen-bond acceptors (Lipinski definition) is 6. The molecule has 1 atom stereocenters. The van der Waals surface area contributed by atoms with E-state index in [1.54, 1.807) is 6.92 Å². The zero-order chi connectivity index (χ0) is 23.4. The number of morpholine rings is 1. The van der Waals surface area contributed by atoms with Crippen molar-refractivity contribution in [3.05, 3.63) is 59.9 Å². The first-order valence-corrected chi connectivity index (χ1v) is 11.4. The zero-order valence-electron chi connectivity index (χ0n) is 17.9. The normalized spacial score (nSPS) is 16.0. The second-order valence-electron chi connectivity index (χ2n) is 7.68. The van der Waals surface area contributed by atoms with E-state index in [2.05, 4.69) is 15.2 Å². The summed E-state index contributed by atoms with van der Waals surface area (Å²) in [6.07, 6.45) is -4.47. The number of halogens is 3. The number of thioether (sulfide) groups is 1. The number of rotatable bonds is 6. The second-order valence-corrected chi connectivity index (χ2v) is 9.01. The lowest BCUT2D eigenvalue weighted by atomic mass is 10.2. The molecule has 1 fully saturated rings. The summed E-state index contributed by atoms with van der Waals surface area (Å²) < 4.78 is 44.3. The summed E-state index contributed by atoms with van der Waals surface area (Å²) in [4.78, 5) is 24.3. The molecule has 33 heavy (non-hydrogen) atoms. The van der Waals surface area contributed by atoms with Gasteiger partial charge in [0.1, 0.15) is 10.9 Å². The van der Waals surface area contributed by atoms with Gasteiger partial charge in [-0.05, 0) is 31.2 Å². The number of alkyl halides is 3. The topological polar surface area (TPSA) is 67.3 Å². The molecule has 0 aliphatic carbocycles. The van der Waals surface area contributed by atoms with Crippen LogP contribution in [0, 0.1) is 0 Å². The number of nitrogens with one attached hydrogen (secondary N) is 1. The molecule has 6 nitrogen and oxygen atoms in total. The molecule has 0 bridgehead atoms. The summed E-state index contributed by atoms with van der Waals surface area (Å²) in [6, 6.07) is 12.2. The van der Waals surface area contributed by atoms with Gasteiger partial charge in [-0.1, -0.05) is 36.0 Å². The van der Waals surface area contributed by atoms with Gasteiger partial charge in [0.25, 0.3) is 0 Å². The lowest BCUT2D eigenvalue weighted by Gasteiger charge is -2.26. The third kappa shape index (κ3) is 6.01. The van der Waals surface area contributed by atoms with Crippen LogP contribution < -0.4 is 5.32 Å². The number of hydrogen-bond donors (Lipinski definition) is 1. The van der Waals surface area contributed by atoms with E-state index in [1.807, 2.05) is 24.3 Å². The van der Waals surface area contributed by atoms with E-state index in [0.29, 0.717) is 30.6 Å². The molecule has 0 spiro atoms. The lowest BCUT2D eigenvalue weighted by molar-refractivity contribution is -0.137. The molecule has 0 unspecified atom stereocenters. The molecule has 0 saturated carbocycles. The van der Waals surface area contributed by atoms with Gasteiger partial charge < -0.3 is 10.1 Å². The molecule has 3 aromatic rings. The number of para-hydroxylation sites is 1. The van der Waals surface area contributed by atoms with Crippen molar-refractivity contribution >= 4 is 34.3 Å². The van der Waals surface area contributed by atoms with Crippen LogP contribution in [-0.2, 0) is 22.3 Å². The van der Waals surface area contributed by atoms with Gasteiger partial charge >= 0.3 is 6.18 Å². The van der Waals surface area contributed by atoms with Crippen molar-refractivity contribution in [2.45, 2.75) is 29.9 Å². The molecule has 1 saturated heterocycles. The van der Waals surface area contributed by atoms with Crippen LogP contribution in [0.2, 0.25) is 0 Å². The van der Waals surface area contributed by atoms with Crippen LogP contribution in [0.5, 0.6) is 0 Å². The van der Waals surface area contributed by atoms with Crippen LogP contribution in [0.3, 0.4) is 0 Å². The van der Waals surface area contributed by atoms with Crippen LogP contribution in [-0.4, -0.2) is 52.3 Å². The maximum atomic E-state index is 13.0. The standard InChI is InChI=1S/C23H23F3N4O2S/c1-15(21(31)27-17-6-4-5-16(13-17)23(24,25)26)33-22-18-7-2-3-8-19(18)28-20(29-22)14-30-9-11-32-12-10-30/h2-8,13,15H,9-12,14H2,1H3,(H,27,31)/t15-/m0/s1. The van der Waals surface area contributed by atoms with Crippen molar-refractivity contribution in [2.75, 3.05) is 31.6 Å². The Balaban J connectivity index is 1.51. The molecule has 1 aliphatic rings. The Bertz CT molecular complexity index is 1140. The molecular formula is C23H23F3N4O2S. The molecule has 1 aliphatic heterocycles. The largest absolute Gasteiger partial charge is 0.416 e. The molecule has 1 N–H and O–H groups in total. The third-order valence-electron chi connectivity index (χ3n) is 5.20. The summed E-state index contributed by atoms with van der Waals surface area (Å²) in [5.41, 5.74) is 0.0710. The first-order chi connectivity index (χ1) is 15.8. The summed E-state index contributed by atoms with van der Waals surface area (Å²) in [5, 5.41) is 3.48. The molecule has 2 heterocycles. The van der Waals surface area contributed by atoms with Crippen molar-refractivity contribution in [1.29, 1.82) is 0 Å². The van der Waals surface area contributed by atoms with Gasteiger partial charge in [0.2, 0.25) is 5.91 Å². The van der Waals surface area contributed by atoms with Crippen molar-refractivity contribution in [3.63, 3.8) is 0 Å². The highest BCUT2D eigenvalue weighted by Gasteiger charge is 2.30. The smallest absolute Gasteiger partial charge is 0.379 e. The second kappa shape index (κ2) is 10.1. The maximum Gasteiger partial charge on any atom is 0.416 e. The number of benzene rings is 2. The fraction of sp³-hybridized carbons (Fsp3) is 0.348. The van der Waals surface area contributed by atoms with Crippen molar-refractivity contribution in [1.82, 2.24) is 14.9 Å². The van der Waals surface area contributed by atoms with Crippen LogP contribution in [0.15, 0.2) is 53.6 Å². The molecule has 174 valence electrons. The van der Waals surface area contributed by atoms with E-state index in [1.165, 1.54) is 23.9 Å². The molecular weight excluding hydrogens is 453 g/mol. The molecule has 10 heteroatoms. The molecule has 1 aromatic heterocycles. The van der Waals surface area contributed by atoms with E-state index in [0.717, 1.165) is 36.1 Å². The zero-order valence-corrected chi connectivity index (χ0v) is 18.7. The third-order valence-corrected chi connectivity index (χ3v) is 6.30. The summed E-state index contributed by atoms with van der Waals surface area (Å²) in [6.45, 7) is 5.21. The highest BCUT2D eigenvalue weighted by atomic mass is 32.2. The quantitative estimate of drug-likeness (QED) is 0.414. The van der Waals surface area contributed by atoms with Crippen LogP contribution in [0.25, 0.3) is 10.9 Å². The van der Waals surface area contributed by atoms with Gasteiger partial charge in [-0.3, -0.25) is 9.69 Å². The number of carbonyl (C=O) groups is 1. The number of aromatic nitrogens is 2. The van der Waals surface area contributed by atoms with Crippen molar-refractivity contribution in [3.8, 4) is 0 Å². The lowest BCUT2D eigenvalue weighted by Crippen LogP contribution is -2.36. The summed E-state index contributed by atoms with van der Waals surface area (Å²) >= 11 is 1.26. The fourth-order valence-electron chi connectivity index (χ4n) is 3.45. The average Bonchev–Trinajstić information content (AvgIpc) is 2.79. The van der Waals surface area contributed by atoms with Gasteiger partial charge in [-0.15, -0.1) is 0 Å². The van der Waals surface area contributed by atoms with E-state index in [9.17, 15) is 18.0 Å². The Morgan fingerprint density at radius 3 is 2.67 bits per heavy atom. The maximum absolute atomic E-state index is 13.0. The summed E-state index contributed by atoms with van der Waals surface area (Å²) in [7, 11) is 0. The predicted octanol–water partition coefficient (Wildman–Crippen LogP) is 4.60. The van der Waals surface area contributed by atoms with E-state index in [-0.39, 0.29) is 5.69 Å². The van der Waals surface area contributed by atoms with Crippen molar-refractivity contribution < 1.29 is 22.7 Å². The Hall–Kier alpha value is -2.69. The number of fused-ring (bicyclic) bond motifs is 1. The minimum atomic E-state index is -4.47. The minimum absolute atomic E-state index is 0.0998. The molecule has 1 amide bonds. The molecule has 2 aromatic carbocycles. The highest BCUT2D eigenvalue weighted by Crippen LogP contribution is 2.32. The molecule has 0 radical (unpaired) electrons. The van der Waals surface area contributed by atoms with Crippen LogP contribution in [0.1, 0.15) is 18.3 Å². The Labute approximate surface area is 193 Å². The van der Waals surface area contributed by atoms with E-state index in [4.69, 9.17) is 9.72 Å². The Morgan fingerprint density at radius 1 is 1.15 bits per heavy atom. The fourth-order valence-corrected chi connectivity index (χ4v) is 4.41. The number of amides is 1. The average molecular weight is 477 g/mol.